The van der Waals surface area contributed by atoms with Gasteiger partial charge in [-0.3, -0.25) is 0 Å². The summed E-state index contributed by atoms with van der Waals surface area (Å²) in [4.78, 5) is 4.24. The van der Waals surface area contributed by atoms with Gasteiger partial charge in [0, 0.05) is 38.1 Å². The molecule has 0 atom stereocenters. The van der Waals surface area contributed by atoms with Crippen molar-refractivity contribution in [3.8, 4) is 0 Å². The molecule has 0 saturated carbocycles. The zero-order valence-corrected chi connectivity index (χ0v) is 15.8. The Bertz CT molecular complexity index is 748. The van der Waals surface area contributed by atoms with Crippen molar-refractivity contribution in [3.63, 3.8) is 0 Å². The summed E-state index contributed by atoms with van der Waals surface area (Å²) >= 11 is 0. The molecule has 0 unspecified atom stereocenters. The minimum absolute atomic E-state index is 0.0616. The summed E-state index contributed by atoms with van der Waals surface area (Å²) in [6.07, 6.45) is 2.03. The van der Waals surface area contributed by atoms with Gasteiger partial charge in [0.2, 0.25) is 0 Å². The van der Waals surface area contributed by atoms with Crippen LogP contribution < -0.4 is 10.6 Å². The lowest BCUT2D eigenvalue weighted by atomic mass is 9.99. The summed E-state index contributed by atoms with van der Waals surface area (Å²) in [5.41, 5.74) is 0.131. The number of ether oxygens (including phenoxy) is 1. The van der Waals surface area contributed by atoms with Crippen molar-refractivity contribution in [1.29, 1.82) is 0 Å². The summed E-state index contributed by atoms with van der Waals surface area (Å²) in [5, 5.41) is 6.02. The van der Waals surface area contributed by atoms with Gasteiger partial charge in [0.1, 0.15) is 11.6 Å². The molecule has 1 heterocycles. The molecule has 1 aromatic rings. The van der Waals surface area contributed by atoms with E-state index < -0.39 is 26.2 Å². The van der Waals surface area contributed by atoms with E-state index in [1.165, 1.54) is 6.26 Å². The molecule has 6 nitrogen and oxygen atoms in total. The van der Waals surface area contributed by atoms with Crippen LogP contribution >= 0.6 is 0 Å². The number of halogens is 2. The smallest absolute Gasteiger partial charge is 0.191 e. The maximum absolute atomic E-state index is 13.7. The first kappa shape index (κ1) is 20.6. The summed E-state index contributed by atoms with van der Waals surface area (Å²) in [6.45, 7) is 3.29. The molecule has 0 radical (unpaired) electrons. The van der Waals surface area contributed by atoms with Crippen LogP contribution in [0.3, 0.4) is 0 Å². The van der Waals surface area contributed by atoms with Gasteiger partial charge in [-0.1, -0.05) is 0 Å². The molecule has 2 rings (SSSR count). The first-order valence-electron chi connectivity index (χ1n) is 8.51. The quantitative estimate of drug-likeness (QED) is 0.571. The van der Waals surface area contributed by atoms with Crippen molar-refractivity contribution in [2.45, 2.75) is 31.1 Å². The van der Waals surface area contributed by atoms with Gasteiger partial charge in [-0.25, -0.2) is 22.2 Å². The zero-order chi connectivity index (χ0) is 19.2. The first-order chi connectivity index (χ1) is 12.3. The topological polar surface area (TPSA) is 79.8 Å². The van der Waals surface area contributed by atoms with Crippen molar-refractivity contribution in [3.05, 3.63) is 35.4 Å². The van der Waals surface area contributed by atoms with Crippen LogP contribution in [0.2, 0.25) is 0 Å². The third-order valence-corrected chi connectivity index (χ3v) is 6.65. The highest BCUT2D eigenvalue weighted by Crippen LogP contribution is 2.28. The standard InChI is InChI=1S/C17H25F2N3O3S/c1-3-20-16(21-11-13-10-14(18)4-5-15(13)19)22-12-17(26(2,23)24)6-8-25-9-7-17/h4-5,10H,3,6-9,11-12H2,1-2H3,(H2,20,21,22). The van der Waals surface area contributed by atoms with Crippen molar-refractivity contribution >= 4 is 15.8 Å². The van der Waals surface area contributed by atoms with Crippen LogP contribution in [0.4, 0.5) is 8.78 Å². The van der Waals surface area contributed by atoms with Crippen LogP contribution in [0.5, 0.6) is 0 Å². The Morgan fingerprint density at radius 2 is 1.96 bits per heavy atom. The molecule has 146 valence electrons. The van der Waals surface area contributed by atoms with E-state index in [1.807, 2.05) is 6.92 Å². The fourth-order valence-corrected chi connectivity index (χ4v) is 4.08. The van der Waals surface area contributed by atoms with E-state index in [0.717, 1.165) is 18.2 Å². The lowest BCUT2D eigenvalue weighted by Crippen LogP contribution is -2.53. The highest BCUT2D eigenvalue weighted by molar-refractivity contribution is 7.92. The molecule has 26 heavy (non-hydrogen) atoms. The molecule has 0 bridgehead atoms. The minimum Gasteiger partial charge on any atom is -0.381 e. The van der Waals surface area contributed by atoms with Crippen molar-refractivity contribution in [1.82, 2.24) is 10.6 Å². The van der Waals surface area contributed by atoms with Crippen molar-refractivity contribution in [2.24, 2.45) is 4.99 Å². The van der Waals surface area contributed by atoms with Crippen LogP contribution in [-0.4, -0.2) is 51.7 Å². The van der Waals surface area contributed by atoms with Gasteiger partial charge < -0.3 is 15.4 Å². The average Bonchev–Trinajstić information content (AvgIpc) is 2.60. The lowest BCUT2D eigenvalue weighted by Gasteiger charge is -2.35. The normalized spacial score (nSPS) is 17.8. The number of nitrogens with one attached hydrogen (secondary N) is 2. The second kappa shape index (κ2) is 8.77. The summed E-state index contributed by atoms with van der Waals surface area (Å²) in [6, 6.07) is 3.20. The molecule has 0 aromatic heterocycles. The number of nitrogens with zero attached hydrogens (tertiary/aromatic N) is 1. The number of sulfone groups is 1. The molecule has 0 spiro atoms. The van der Waals surface area contributed by atoms with Crippen LogP contribution in [0, 0.1) is 11.6 Å². The van der Waals surface area contributed by atoms with Gasteiger partial charge in [-0.2, -0.15) is 0 Å². The van der Waals surface area contributed by atoms with E-state index >= 15 is 0 Å². The Morgan fingerprint density at radius 1 is 1.27 bits per heavy atom. The Hall–Kier alpha value is -1.74. The Balaban J connectivity index is 2.12. The third-order valence-electron chi connectivity index (χ3n) is 4.53. The van der Waals surface area contributed by atoms with Gasteiger partial charge in [-0.15, -0.1) is 0 Å². The fourth-order valence-electron chi connectivity index (χ4n) is 2.84. The van der Waals surface area contributed by atoms with E-state index in [1.54, 1.807) is 0 Å². The van der Waals surface area contributed by atoms with E-state index in [9.17, 15) is 17.2 Å². The third kappa shape index (κ3) is 5.14. The lowest BCUT2D eigenvalue weighted by molar-refractivity contribution is 0.0756. The monoisotopic (exact) mass is 389 g/mol. The van der Waals surface area contributed by atoms with Gasteiger partial charge in [0.25, 0.3) is 0 Å². The molecule has 1 saturated heterocycles. The summed E-state index contributed by atoms with van der Waals surface area (Å²) in [7, 11) is -3.31. The molecule has 2 N–H and O–H groups in total. The maximum atomic E-state index is 13.7. The highest BCUT2D eigenvalue weighted by Gasteiger charge is 2.42. The Kier molecular flexibility index (Phi) is 6.94. The number of aliphatic imine (C=N–C) groups is 1. The van der Waals surface area contributed by atoms with Gasteiger partial charge >= 0.3 is 0 Å². The van der Waals surface area contributed by atoms with Crippen molar-refractivity contribution in [2.75, 3.05) is 32.6 Å². The largest absolute Gasteiger partial charge is 0.381 e. The highest BCUT2D eigenvalue weighted by atomic mass is 32.2. The predicted molar refractivity (Wildman–Crippen MR) is 96.8 cm³/mol. The fraction of sp³-hybridized carbons (Fsp3) is 0.588. The van der Waals surface area contributed by atoms with Gasteiger partial charge in [0.15, 0.2) is 15.8 Å². The van der Waals surface area contributed by atoms with E-state index in [-0.39, 0.29) is 18.7 Å². The second-order valence-corrected chi connectivity index (χ2v) is 8.76. The van der Waals surface area contributed by atoms with Gasteiger partial charge in [-0.05, 0) is 38.0 Å². The molecule has 1 aliphatic rings. The van der Waals surface area contributed by atoms with Crippen LogP contribution in [0.25, 0.3) is 0 Å². The van der Waals surface area contributed by atoms with E-state index in [4.69, 9.17) is 4.74 Å². The number of benzene rings is 1. The maximum Gasteiger partial charge on any atom is 0.191 e. The van der Waals surface area contributed by atoms with Gasteiger partial charge in [0.05, 0.1) is 11.3 Å². The summed E-state index contributed by atoms with van der Waals surface area (Å²) < 4.78 is 55.9. The predicted octanol–water partition coefficient (Wildman–Crippen LogP) is 1.61. The average molecular weight is 389 g/mol. The number of rotatable bonds is 6. The minimum atomic E-state index is -3.31. The zero-order valence-electron chi connectivity index (χ0n) is 15.0. The van der Waals surface area contributed by atoms with Crippen molar-refractivity contribution < 1.29 is 21.9 Å². The molecule has 1 fully saturated rings. The molecule has 0 aliphatic carbocycles. The number of hydrogen-bond acceptors (Lipinski definition) is 4. The molecule has 1 aliphatic heterocycles. The number of guanidine groups is 1. The molecule has 1 aromatic carbocycles. The Labute approximate surface area is 153 Å². The Morgan fingerprint density at radius 3 is 2.58 bits per heavy atom. The first-order valence-corrected chi connectivity index (χ1v) is 10.4. The van der Waals surface area contributed by atoms with Crippen LogP contribution in [0.15, 0.2) is 23.2 Å². The number of hydrogen-bond donors (Lipinski definition) is 2. The SMILES string of the molecule is CCNC(=NCc1cc(F)ccc1F)NCC1(S(C)(=O)=O)CCOCC1. The van der Waals surface area contributed by atoms with E-state index in [2.05, 4.69) is 15.6 Å². The molecular weight excluding hydrogens is 364 g/mol. The summed E-state index contributed by atoms with van der Waals surface area (Å²) in [5.74, 6) is -0.721. The molecular formula is C17H25F2N3O3S. The second-order valence-electron chi connectivity index (χ2n) is 6.35. The van der Waals surface area contributed by atoms with Crippen LogP contribution in [-0.2, 0) is 21.1 Å². The molecule has 0 amide bonds. The van der Waals surface area contributed by atoms with Crippen LogP contribution in [0.1, 0.15) is 25.3 Å². The molecule has 9 heteroatoms. The van der Waals surface area contributed by atoms with E-state index in [0.29, 0.717) is 38.6 Å².